The van der Waals surface area contributed by atoms with E-state index in [-0.39, 0.29) is 11.9 Å². The van der Waals surface area contributed by atoms with Gasteiger partial charge in [0.15, 0.2) is 0 Å². The second-order valence-electron chi connectivity index (χ2n) is 7.93. The van der Waals surface area contributed by atoms with Crippen LogP contribution in [0.3, 0.4) is 0 Å². The number of likely N-dealkylation sites (tertiary alicyclic amines) is 1. The number of oxazole rings is 1. The van der Waals surface area contributed by atoms with Crippen LogP contribution in [0.1, 0.15) is 53.0 Å². The van der Waals surface area contributed by atoms with Gasteiger partial charge in [-0.15, -0.1) is 0 Å². The van der Waals surface area contributed by atoms with Gasteiger partial charge in [-0.3, -0.25) is 4.79 Å². The quantitative estimate of drug-likeness (QED) is 0.491. The highest BCUT2D eigenvalue weighted by Gasteiger charge is 2.32. The second-order valence-corrected chi connectivity index (χ2v) is 7.93. The number of nitrogens with one attached hydrogen (secondary N) is 1. The van der Waals surface area contributed by atoms with E-state index < -0.39 is 0 Å². The molecule has 2 aromatic heterocycles. The summed E-state index contributed by atoms with van der Waals surface area (Å²) in [6.07, 6.45) is 5.24. The first-order valence-electron chi connectivity index (χ1n) is 10.7. The summed E-state index contributed by atoms with van der Waals surface area (Å²) in [5.74, 6) is 2.19. The van der Waals surface area contributed by atoms with Crippen LogP contribution < -0.4 is 4.74 Å². The SMILES string of the molecule is COc1ccccc1Cc1cnc([C@H]2CCCCN2C(=O)c2cc3ccccc3[nH]2)o1. The van der Waals surface area contributed by atoms with Crippen LogP contribution in [-0.4, -0.2) is 34.4 Å². The van der Waals surface area contributed by atoms with Gasteiger partial charge in [-0.2, -0.15) is 0 Å². The number of benzene rings is 2. The number of amides is 1. The van der Waals surface area contributed by atoms with Crippen LogP contribution in [0.5, 0.6) is 5.75 Å². The maximum absolute atomic E-state index is 13.3. The van der Waals surface area contributed by atoms with Crippen LogP contribution in [-0.2, 0) is 6.42 Å². The molecule has 5 rings (SSSR count). The number of para-hydroxylation sites is 2. The lowest BCUT2D eigenvalue weighted by molar-refractivity contribution is 0.0565. The molecule has 0 spiro atoms. The Morgan fingerprint density at radius 2 is 2.03 bits per heavy atom. The zero-order valence-corrected chi connectivity index (χ0v) is 17.5. The van der Waals surface area contributed by atoms with E-state index in [9.17, 15) is 4.79 Å². The first-order valence-corrected chi connectivity index (χ1v) is 10.7. The van der Waals surface area contributed by atoms with Crippen molar-refractivity contribution in [2.24, 2.45) is 0 Å². The predicted octanol–water partition coefficient (Wildman–Crippen LogP) is 5.12. The van der Waals surface area contributed by atoms with E-state index >= 15 is 0 Å². The van der Waals surface area contributed by atoms with E-state index in [1.54, 1.807) is 13.3 Å². The molecule has 158 valence electrons. The Morgan fingerprint density at radius 1 is 1.19 bits per heavy atom. The van der Waals surface area contributed by atoms with Gasteiger partial charge in [0.05, 0.1) is 13.3 Å². The maximum Gasteiger partial charge on any atom is 0.270 e. The standard InChI is InChI=1S/C25H25N3O3/c1-30-23-12-5-3-9-18(23)14-19-16-26-24(31-19)22-11-6-7-13-28(22)25(29)21-15-17-8-2-4-10-20(17)27-21/h2-5,8-10,12,15-16,22,27H,6-7,11,13-14H2,1H3/t22-/m1/s1. The fraction of sp³-hybridized carbons (Fsp3) is 0.280. The third kappa shape index (κ3) is 3.81. The molecule has 1 fully saturated rings. The minimum absolute atomic E-state index is 0.00891. The van der Waals surface area contributed by atoms with Gasteiger partial charge in [0.25, 0.3) is 5.91 Å². The molecule has 1 amide bonds. The van der Waals surface area contributed by atoms with Crippen molar-refractivity contribution in [3.63, 3.8) is 0 Å². The van der Waals surface area contributed by atoms with Crippen LogP contribution in [0.15, 0.2) is 65.2 Å². The van der Waals surface area contributed by atoms with E-state index in [1.165, 1.54) is 0 Å². The molecule has 0 bridgehead atoms. The topological polar surface area (TPSA) is 71.4 Å². The molecule has 1 N–H and O–H groups in total. The molecule has 3 heterocycles. The Kier molecular flexibility index (Phi) is 5.20. The zero-order valence-electron chi connectivity index (χ0n) is 17.5. The summed E-state index contributed by atoms with van der Waals surface area (Å²) in [5.41, 5.74) is 2.62. The van der Waals surface area contributed by atoms with Crippen molar-refractivity contribution in [3.05, 3.63) is 83.7 Å². The molecule has 6 nitrogen and oxygen atoms in total. The normalized spacial score (nSPS) is 16.5. The third-order valence-electron chi connectivity index (χ3n) is 5.94. The molecule has 0 unspecified atom stereocenters. The molecule has 1 atom stereocenters. The number of rotatable bonds is 5. The molecular formula is C25H25N3O3. The summed E-state index contributed by atoms with van der Waals surface area (Å²) >= 11 is 0. The molecule has 31 heavy (non-hydrogen) atoms. The fourth-order valence-electron chi connectivity index (χ4n) is 4.37. The predicted molar refractivity (Wildman–Crippen MR) is 118 cm³/mol. The van der Waals surface area contributed by atoms with E-state index in [2.05, 4.69) is 9.97 Å². The average Bonchev–Trinajstić information content (AvgIpc) is 3.46. The lowest BCUT2D eigenvalue weighted by Crippen LogP contribution is -2.38. The minimum atomic E-state index is -0.154. The molecule has 1 saturated heterocycles. The fourth-order valence-corrected chi connectivity index (χ4v) is 4.37. The lowest BCUT2D eigenvalue weighted by atomic mass is 10.0. The van der Waals surface area contributed by atoms with E-state index in [1.807, 2.05) is 59.5 Å². The van der Waals surface area contributed by atoms with E-state index in [0.29, 0.717) is 24.6 Å². The Hall–Kier alpha value is -3.54. The summed E-state index contributed by atoms with van der Waals surface area (Å²) in [6, 6.07) is 17.6. The smallest absolute Gasteiger partial charge is 0.270 e. The lowest BCUT2D eigenvalue weighted by Gasteiger charge is -2.33. The Bertz CT molecular complexity index is 1180. The number of piperidine rings is 1. The zero-order chi connectivity index (χ0) is 21.2. The first kappa shape index (κ1) is 19.4. The number of hydrogen-bond donors (Lipinski definition) is 1. The van der Waals surface area contributed by atoms with Gasteiger partial charge in [0.2, 0.25) is 5.89 Å². The van der Waals surface area contributed by atoms with Gasteiger partial charge >= 0.3 is 0 Å². The molecule has 6 heteroatoms. The molecule has 0 aliphatic carbocycles. The average molecular weight is 415 g/mol. The number of ether oxygens (including phenoxy) is 1. The summed E-state index contributed by atoms with van der Waals surface area (Å²) in [5, 5.41) is 1.04. The van der Waals surface area contributed by atoms with Crippen molar-refractivity contribution in [3.8, 4) is 5.75 Å². The summed E-state index contributed by atoms with van der Waals surface area (Å²) in [7, 11) is 1.67. The molecule has 1 aliphatic rings. The largest absolute Gasteiger partial charge is 0.496 e. The maximum atomic E-state index is 13.3. The van der Waals surface area contributed by atoms with Gasteiger partial charge in [-0.1, -0.05) is 36.4 Å². The molecule has 2 aromatic carbocycles. The van der Waals surface area contributed by atoms with Crippen molar-refractivity contribution in [2.75, 3.05) is 13.7 Å². The van der Waals surface area contributed by atoms with Crippen LogP contribution >= 0.6 is 0 Å². The van der Waals surface area contributed by atoms with Gasteiger partial charge in [0.1, 0.15) is 23.2 Å². The molecule has 0 saturated carbocycles. The van der Waals surface area contributed by atoms with Gasteiger partial charge in [-0.25, -0.2) is 4.98 Å². The number of fused-ring (bicyclic) bond motifs is 1. The Labute approximate surface area is 180 Å². The number of aromatic nitrogens is 2. The van der Waals surface area contributed by atoms with Gasteiger partial charge in [-0.05, 0) is 37.5 Å². The second kappa shape index (κ2) is 8.30. The van der Waals surface area contributed by atoms with Crippen molar-refractivity contribution < 1.29 is 13.9 Å². The van der Waals surface area contributed by atoms with Gasteiger partial charge < -0.3 is 19.0 Å². The van der Waals surface area contributed by atoms with Crippen LogP contribution in [0, 0.1) is 0 Å². The number of aromatic amines is 1. The highest BCUT2D eigenvalue weighted by Crippen LogP contribution is 2.33. The molecular weight excluding hydrogens is 390 g/mol. The number of methoxy groups -OCH3 is 1. The Balaban J connectivity index is 1.39. The van der Waals surface area contributed by atoms with Crippen LogP contribution in [0.4, 0.5) is 0 Å². The molecule has 0 radical (unpaired) electrons. The summed E-state index contributed by atoms with van der Waals surface area (Å²) in [4.78, 5) is 23.0. The number of nitrogens with zero attached hydrogens (tertiary/aromatic N) is 2. The minimum Gasteiger partial charge on any atom is -0.496 e. The Morgan fingerprint density at radius 3 is 2.90 bits per heavy atom. The van der Waals surface area contributed by atoms with Crippen molar-refractivity contribution in [1.82, 2.24) is 14.9 Å². The van der Waals surface area contributed by atoms with Crippen LogP contribution in [0.25, 0.3) is 10.9 Å². The molecule has 4 aromatic rings. The number of carbonyl (C=O) groups excluding carboxylic acids is 1. The van der Waals surface area contributed by atoms with E-state index in [4.69, 9.17) is 9.15 Å². The highest BCUT2D eigenvalue weighted by molar-refractivity contribution is 5.98. The number of hydrogen-bond acceptors (Lipinski definition) is 4. The van der Waals surface area contributed by atoms with Crippen LogP contribution in [0.2, 0.25) is 0 Å². The number of H-pyrrole nitrogens is 1. The molecule has 1 aliphatic heterocycles. The monoisotopic (exact) mass is 415 g/mol. The summed E-state index contributed by atoms with van der Waals surface area (Å²) in [6.45, 7) is 0.698. The van der Waals surface area contributed by atoms with Crippen molar-refractivity contribution in [1.29, 1.82) is 0 Å². The number of carbonyl (C=O) groups is 1. The van der Waals surface area contributed by atoms with Crippen molar-refractivity contribution >= 4 is 16.8 Å². The third-order valence-corrected chi connectivity index (χ3v) is 5.94. The van der Waals surface area contributed by atoms with Crippen molar-refractivity contribution in [2.45, 2.75) is 31.7 Å². The highest BCUT2D eigenvalue weighted by atomic mass is 16.5. The first-order chi connectivity index (χ1) is 15.2. The van der Waals surface area contributed by atoms with E-state index in [0.717, 1.165) is 47.2 Å². The van der Waals surface area contributed by atoms with Gasteiger partial charge in [0, 0.05) is 29.4 Å². The summed E-state index contributed by atoms with van der Waals surface area (Å²) < 4.78 is 11.6.